The largest absolute Gasteiger partial charge is 0.454 e. The molecular formula is C28H35N3O4. The van der Waals surface area contributed by atoms with Gasteiger partial charge in [-0.2, -0.15) is 0 Å². The first kappa shape index (κ1) is 23.7. The van der Waals surface area contributed by atoms with Crippen LogP contribution in [-0.2, 0) is 29.0 Å². The van der Waals surface area contributed by atoms with Gasteiger partial charge in [0.25, 0.3) is 0 Å². The lowest BCUT2D eigenvalue weighted by molar-refractivity contribution is -0.130. The monoisotopic (exact) mass is 477 g/mol. The Bertz CT molecular complexity index is 1060. The summed E-state index contributed by atoms with van der Waals surface area (Å²) in [5, 5.41) is 3.10. The van der Waals surface area contributed by atoms with Crippen molar-refractivity contribution in [3.05, 3.63) is 59.2 Å². The number of nitrogens with one attached hydrogen (secondary N) is 1. The highest BCUT2D eigenvalue weighted by atomic mass is 16.7. The molecule has 3 heterocycles. The van der Waals surface area contributed by atoms with E-state index in [1.165, 1.54) is 11.1 Å². The quantitative estimate of drug-likeness (QED) is 0.720. The number of aryl methyl sites for hydroxylation is 1. The Morgan fingerprint density at radius 1 is 1.06 bits per heavy atom. The van der Waals surface area contributed by atoms with Crippen LogP contribution in [-0.4, -0.2) is 61.6 Å². The highest BCUT2D eigenvalue weighted by Gasteiger charge is 2.36. The van der Waals surface area contributed by atoms with Gasteiger partial charge in [0, 0.05) is 32.6 Å². The van der Waals surface area contributed by atoms with Gasteiger partial charge in [0.1, 0.15) is 0 Å². The molecule has 2 aromatic rings. The number of benzene rings is 2. The zero-order valence-electron chi connectivity index (χ0n) is 20.5. The van der Waals surface area contributed by atoms with Crippen LogP contribution >= 0.6 is 0 Å². The van der Waals surface area contributed by atoms with E-state index in [-0.39, 0.29) is 24.5 Å². The zero-order chi connectivity index (χ0) is 24.2. The molecule has 3 aliphatic heterocycles. The highest BCUT2D eigenvalue weighted by Crippen LogP contribution is 2.37. The van der Waals surface area contributed by atoms with Crippen molar-refractivity contribution in [3.63, 3.8) is 0 Å². The minimum Gasteiger partial charge on any atom is -0.454 e. The first-order chi connectivity index (χ1) is 17.0. The van der Waals surface area contributed by atoms with E-state index in [1.807, 2.05) is 35.2 Å². The van der Waals surface area contributed by atoms with E-state index in [4.69, 9.17) is 9.47 Å². The molecule has 7 heteroatoms. The molecule has 1 fully saturated rings. The summed E-state index contributed by atoms with van der Waals surface area (Å²) in [6.07, 6.45) is 3.61. The van der Waals surface area contributed by atoms with E-state index in [0.29, 0.717) is 38.4 Å². The summed E-state index contributed by atoms with van der Waals surface area (Å²) in [4.78, 5) is 30.1. The molecule has 2 atom stereocenters. The van der Waals surface area contributed by atoms with Crippen LogP contribution in [0.15, 0.2) is 42.5 Å². The number of hydrogen-bond acceptors (Lipinski definition) is 5. The number of rotatable bonds is 2. The number of hydrogen-bond donors (Lipinski definition) is 1. The molecule has 0 aliphatic carbocycles. The number of carbonyl (C=O) groups excluding carboxylic acids is 2. The second kappa shape index (κ2) is 10.7. The van der Waals surface area contributed by atoms with E-state index >= 15 is 0 Å². The Balaban J connectivity index is 1.34. The first-order valence-corrected chi connectivity index (χ1v) is 12.7. The van der Waals surface area contributed by atoms with Gasteiger partial charge in [0.05, 0.1) is 6.42 Å². The third kappa shape index (κ3) is 5.78. The van der Waals surface area contributed by atoms with Crippen molar-refractivity contribution >= 4 is 11.8 Å². The Kier molecular flexibility index (Phi) is 7.23. The van der Waals surface area contributed by atoms with Crippen molar-refractivity contribution in [1.29, 1.82) is 0 Å². The van der Waals surface area contributed by atoms with Gasteiger partial charge in [-0.1, -0.05) is 30.3 Å². The Morgan fingerprint density at radius 3 is 2.60 bits per heavy atom. The fourth-order valence-electron chi connectivity index (χ4n) is 5.59. The van der Waals surface area contributed by atoms with E-state index in [0.717, 1.165) is 49.4 Å². The van der Waals surface area contributed by atoms with Crippen molar-refractivity contribution < 1.29 is 19.1 Å². The van der Waals surface area contributed by atoms with E-state index in [2.05, 4.69) is 29.4 Å². The highest BCUT2D eigenvalue weighted by molar-refractivity contribution is 5.80. The van der Waals surface area contributed by atoms with Gasteiger partial charge in [0.2, 0.25) is 18.6 Å². The SMILES string of the molecule is CN1CCCNC(=O)C[C@H]2CN(C(=O)Cc3ccccc3)C[C@H]2CCc2cc3c(cc2C1)OCO3. The first-order valence-electron chi connectivity index (χ1n) is 12.7. The van der Waals surface area contributed by atoms with Gasteiger partial charge in [0.15, 0.2) is 11.5 Å². The Morgan fingerprint density at radius 2 is 1.80 bits per heavy atom. The van der Waals surface area contributed by atoms with E-state index in [9.17, 15) is 9.59 Å². The molecule has 0 saturated carbocycles. The number of amides is 2. The number of likely N-dealkylation sites (tertiary alicyclic amines) is 1. The molecule has 0 spiro atoms. The normalized spacial score (nSPS) is 23.2. The zero-order valence-corrected chi connectivity index (χ0v) is 20.5. The molecule has 0 bridgehead atoms. The molecule has 0 aromatic heterocycles. The van der Waals surface area contributed by atoms with E-state index in [1.54, 1.807) is 0 Å². The van der Waals surface area contributed by atoms with Crippen LogP contribution < -0.4 is 14.8 Å². The molecule has 1 N–H and O–H groups in total. The second-order valence-corrected chi connectivity index (χ2v) is 10.1. The maximum Gasteiger partial charge on any atom is 0.231 e. The average molecular weight is 478 g/mol. The summed E-state index contributed by atoms with van der Waals surface area (Å²) >= 11 is 0. The minimum absolute atomic E-state index is 0.0980. The molecule has 7 nitrogen and oxygen atoms in total. The van der Waals surface area contributed by atoms with Crippen molar-refractivity contribution in [3.8, 4) is 11.5 Å². The molecule has 1 saturated heterocycles. The average Bonchev–Trinajstić information content (AvgIpc) is 3.47. The maximum atomic E-state index is 13.1. The molecule has 2 amide bonds. The summed E-state index contributed by atoms with van der Waals surface area (Å²) in [7, 11) is 2.12. The van der Waals surface area contributed by atoms with Gasteiger partial charge in [-0.3, -0.25) is 9.59 Å². The van der Waals surface area contributed by atoms with Crippen LogP contribution in [0.2, 0.25) is 0 Å². The third-order valence-electron chi connectivity index (χ3n) is 7.53. The molecule has 0 unspecified atom stereocenters. The van der Waals surface area contributed by atoms with Crippen molar-refractivity contribution in [2.75, 3.05) is 40.0 Å². The second-order valence-electron chi connectivity index (χ2n) is 10.1. The van der Waals surface area contributed by atoms with Crippen LogP contribution in [0.1, 0.15) is 36.0 Å². The van der Waals surface area contributed by atoms with Gasteiger partial charge >= 0.3 is 0 Å². The van der Waals surface area contributed by atoms with E-state index < -0.39 is 0 Å². The Labute approximate surface area is 207 Å². The van der Waals surface area contributed by atoms with Gasteiger partial charge < -0.3 is 24.6 Å². The Hall–Kier alpha value is -3.06. The summed E-state index contributed by atoms with van der Waals surface area (Å²) in [5.41, 5.74) is 3.57. The summed E-state index contributed by atoms with van der Waals surface area (Å²) in [6.45, 7) is 4.04. The molecule has 186 valence electrons. The van der Waals surface area contributed by atoms with Crippen LogP contribution in [0.25, 0.3) is 0 Å². The summed E-state index contributed by atoms with van der Waals surface area (Å²) < 4.78 is 11.3. The van der Waals surface area contributed by atoms with Gasteiger partial charge in [-0.05, 0) is 73.5 Å². The smallest absolute Gasteiger partial charge is 0.231 e. The molecule has 2 aromatic carbocycles. The maximum absolute atomic E-state index is 13.1. The summed E-state index contributed by atoms with van der Waals surface area (Å²) in [5.74, 6) is 2.35. The predicted molar refractivity (Wildman–Crippen MR) is 133 cm³/mol. The lowest BCUT2D eigenvalue weighted by atomic mass is 9.86. The number of fused-ring (bicyclic) bond motifs is 3. The predicted octanol–water partition coefficient (Wildman–Crippen LogP) is 3.01. The van der Waals surface area contributed by atoms with Crippen LogP contribution in [0.3, 0.4) is 0 Å². The van der Waals surface area contributed by atoms with Crippen molar-refractivity contribution in [1.82, 2.24) is 15.1 Å². The van der Waals surface area contributed by atoms with Crippen molar-refractivity contribution in [2.45, 2.75) is 38.6 Å². The topological polar surface area (TPSA) is 71.1 Å². The van der Waals surface area contributed by atoms with Gasteiger partial charge in [-0.25, -0.2) is 0 Å². The van der Waals surface area contributed by atoms with Crippen LogP contribution in [0.5, 0.6) is 11.5 Å². The third-order valence-corrected chi connectivity index (χ3v) is 7.53. The molecule has 35 heavy (non-hydrogen) atoms. The number of nitrogens with zero attached hydrogens (tertiary/aromatic N) is 2. The standard InChI is InChI=1S/C28H35N3O4/c1-30-11-5-10-29-27(32)15-24-18-31(28(33)12-20-6-3-2-4-7-20)17-22(24)9-8-21-13-25-26(35-19-34-25)14-23(21)16-30/h2-4,6-7,13-14,22,24H,5,8-12,15-19H2,1H3,(H,29,32)/t22-,24+/m1/s1. The fraction of sp³-hybridized carbons (Fsp3) is 0.500. The van der Waals surface area contributed by atoms with Crippen LogP contribution in [0, 0.1) is 11.8 Å². The fourth-order valence-corrected chi connectivity index (χ4v) is 5.59. The molecular weight excluding hydrogens is 442 g/mol. The number of carbonyl (C=O) groups is 2. The lowest BCUT2D eigenvalue weighted by Gasteiger charge is -2.22. The summed E-state index contributed by atoms with van der Waals surface area (Å²) in [6, 6.07) is 14.2. The molecule has 3 aliphatic rings. The van der Waals surface area contributed by atoms with Crippen LogP contribution in [0.4, 0.5) is 0 Å². The van der Waals surface area contributed by atoms with Gasteiger partial charge in [-0.15, -0.1) is 0 Å². The number of ether oxygens (including phenoxy) is 2. The molecule has 5 rings (SSSR count). The molecule has 0 radical (unpaired) electrons. The lowest BCUT2D eigenvalue weighted by Crippen LogP contribution is -2.32. The van der Waals surface area contributed by atoms with Crippen molar-refractivity contribution in [2.24, 2.45) is 11.8 Å². The minimum atomic E-state index is 0.0980.